The Morgan fingerprint density at radius 1 is 1.06 bits per heavy atom. The Kier molecular flexibility index (Phi) is 5.92. The largest absolute Gasteiger partial charge is 0.416 e. The van der Waals surface area contributed by atoms with Crippen LogP contribution < -0.4 is 21.9 Å². The minimum Gasteiger partial charge on any atom is -0.383 e. The Morgan fingerprint density at radius 2 is 1.74 bits per heavy atom. The van der Waals surface area contributed by atoms with E-state index in [-0.39, 0.29) is 30.4 Å². The highest BCUT2D eigenvalue weighted by Crippen LogP contribution is 2.29. The fourth-order valence-corrected chi connectivity index (χ4v) is 3.46. The van der Waals surface area contributed by atoms with Gasteiger partial charge in [0.05, 0.1) is 24.3 Å². The second kappa shape index (κ2) is 8.84. The number of aromatic amines is 1. The van der Waals surface area contributed by atoms with Crippen LogP contribution in [0.3, 0.4) is 0 Å². The molecule has 0 saturated carbocycles. The third-order valence-electron chi connectivity index (χ3n) is 5.13. The molecule has 176 valence electrons. The van der Waals surface area contributed by atoms with Crippen molar-refractivity contribution in [2.24, 2.45) is 0 Å². The molecule has 2 aromatic carbocycles. The highest BCUT2D eigenvalue weighted by molar-refractivity contribution is 5.62. The summed E-state index contributed by atoms with van der Waals surface area (Å²) in [7, 11) is 1.56. The first-order valence-electron chi connectivity index (χ1n) is 9.97. The van der Waals surface area contributed by atoms with E-state index in [0.29, 0.717) is 5.69 Å². The number of anilines is 2. The van der Waals surface area contributed by atoms with Crippen molar-refractivity contribution >= 4 is 11.5 Å². The number of benzene rings is 2. The molecule has 34 heavy (non-hydrogen) atoms. The van der Waals surface area contributed by atoms with Gasteiger partial charge < -0.3 is 10.6 Å². The predicted octanol–water partition coefficient (Wildman–Crippen LogP) is 1.80. The van der Waals surface area contributed by atoms with Crippen molar-refractivity contribution in [2.45, 2.75) is 19.3 Å². The SMILES string of the molecule is CN(Cc1nnnn1-c1ccc(C(F)(F)F)cc1)c1c(N)n(Cc2ccccc2)c(=O)[nH]c1=O. The number of aromatic nitrogens is 6. The van der Waals surface area contributed by atoms with Gasteiger partial charge in [-0.05, 0) is 40.3 Å². The lowest BCUT2D eigenvalue weighted by Crippen LogP contribution is -2.37. The molecule has 0 bridgehead atoms. The van der Waals surface area contributed by atoms with Crippen LogP contribution in [0, 0.1) is 0 Å². The lowest BCUT2D eigenvalue weighted by atomic mass is 10.2. The molecule has 2 aromatic heterocycles. The molecule has 0 aliphatic heterocycles. The predicted molar refractivity (Wildman–Crippen MR) is 118 cm³/mol. The number of nitrogens with one attached hydrogen (secondary N) is 1. The Morgan fingerprint density at radius 3 is 2.38 bits per heavy atom. The van der Waals surface area contributed by atoms with Crippen molar-refractivity contribution < 1.29 is 13.2 Å². The number of hydrogen-bond acceptors (Lipinski definition) is 7. The molecule has 0 amide bonds. The summed E-state index contributed by atoms with van der Waals surface area (Å²) in [6.45, 7) is 0.122. The van der Waals surface area contributed by atoms with Crippen molar-refractivity contribution in [1.82, 2.24) is 29.8 Å². The van der Waals surface area contributed by atoms with Gasteiger partial charge in [-0.1, -0.05) is 30.3 Å². The minimum absolute atomic E-state index is 0.0230. The number of nitrogen functional groups attached to an aromatic ring is 1. The van der Waals surface area contributed by atoms with E-state index in [0.717, 1.165) is 17.7 Å². The van der Waals surface area contributed by atoms with Gasteiger partial charge in [0.25, 0.3) is 5.56 Å². The highest BCUT2D eigenvalue weighted by atomic mass is 19.4. The Labute approximate surface area is 190 Å². The number of rotatable bonds is 6. The summed E-state index contributed by atoms with van der Waals surface area (Å²) in [5.41, 5.74) is 5.19. The average Bonchev–Trinajstić information content (AvgIpc) is 3.24. The number of halogens is 3. The van der Waals surface area contributed by atoms with Crippen LogP contribution in [0.2, 0.25) is 0 Å². The van der Waals surface area contributed by atoms with E-state index in [9.17, 15) is 22.8 Å². The first-order valence-corrected chi connectivity index (χ1v) is 9.97. The quantitative estimate of drug-likeness (QED) is 0.438. The summed E-state index contributed by atoms with van der Waals surface area (Å²) in [5.74, 6) is 0.190. The Hall–Kier alpha value is -4.42. The first-order chi connectivity index (χ1) is 16.1. The summed E-state index contributed by atoms with van der Waals surface area (Å²) in [5, 5.41) is 11.3. The van der Waals surface area contributed by atoms with Crippen LogP contribution in [-0.2, 0) is 19.3 Å². The van der Waals surface area contributed by atoms with Gasteiger partial charge in [0.1, 0.15) is 11.5 Å². The molecule has 2 heterocycles. The monoisotopic (exact) mass is 472 g/mol. The first kappa shape index (κ1) is 22.8. The van der Waals surface area contributed by atoms with Gasteiger partial charge in [0.15, 0.2) is 5.82 Å². The van der Waals surface area contributed by atoms with E-state index in [1.807, 2.05) is 30.3 Å². The minimum atomic E-state index is -4.47. The molecule has 0 atom stereocenters. The number of alkyl halides is 3. The van der Waals surface area contributed by atoms with Gasteiger partial charge in [-0.3, -0.25) is 14.3 Å². The normalized spacial score (nSPS) is 11.5. The summed E-state index contributed by atoms with van der Waals surface area (Å²) >= 11 is 0. The van der Waals surface area contributed by atoms with Crippen molar-refractivity contribution in [1.29, 1.82) is 0 Å². The summed E-state index contributed by atoms with van der Waals surface area (Å²) < 4.78 is 41.0. The van der Waals surface area contributed by atoms with Crippen LogP contribution in [0.4, 0.5) is 24.7 Å². The highest BCUT2D eigenvalue weighted by Gasteiger charge is 2.30. The van der Waals surface area contributed by atoms with Gasteiger partial charge >= 0.3 is 11.9 Å². The standard InChI is InChI=1S/C21H19F3N8O2/c1-30(12-16-27-28-29-32(16)15-9-7-14(8-10-15)21(22,23)24)17-18(25)31(20(34)26-19(17)33)11-13-5-3-2-4-6-13/h2-10H,11-12,25H2,1H3,(H,26,33,34). The maximum absolute atomic E-state index is 12.9. The van der Waals surface area contributed by atoms with E-state index >= 15 is 0 Å². The average molecular weight is 472 g/mol. The van der Waals surface area contributed by atoms with Crippen LogP contribution in [0.15, 0.2) is 64.2 Å². The van der Waals surface area contributed by atoms with Gasteiger partial charge in [-0.25, -0.2) is 4.79 Å². The van der Waals surface area contributed by atoms with Crippen molar-refractivity contribution in [3.05, 3.63) is 92.4 Å². The van der Waals surface area contributed by atoms with E-state index in [2.05, 4.69) is 20.5 Å². The molecule has 13 heteroatoms. The number of hydrogen-bond donors (Lipinski definition) is 2. The van der Waals surface area contributed by atoms with Crippen LogP contribution in [0.5, 0.6) is 0 Å². The molecule has 0 aliphatic rings. The van der Waals surface area contributed by atoms with Crippen molar-refractivity contribution in [3.63, 3.8) is 0 Å². The van der Waals surface area contributed by atoms with Gasteiger partial charge in [0.2, 0.25) is 0 Å². The molecule has 0 unspecified atom stereocenters. The molecule has 3 N–H and O–H groups in total. The van der Waals surface area contributed by atoms with E-state index in [1.165, 1.54) is 26.3 Å². The Balaban J connectivity index is 1.64. The topological polar surface area (TPSA) is 128 Å². The summed E-state index contributed by atoms with van der Waals surface area (Å²) in [4.78, 5) is 28.7. The molecule has 4 aromatic rings. The number of tetrazole rings is 1. The fourth-order valence-electron chi connectivity index (χ4n) is 3.46. The maximum Gasteiger partial charge on any atom is 0.416 e. The lowest BCUT2D eigenvalue weighted by Gasteiger charge is -2.21. The molecular formula is C21H19F3N8O2. The number of nitrogens with two attached hydrogens (primary N) is 1. The second-order valence-electron chi connectivity index (χ2n) is 7.47. The van der Waals surface area contributed by atoms with Crippen LogP contribution >= 0.6 is 0 Å². The molecule has 0 aliphatic carbocycles. The molecule has 0 saturated heterocycles. The van der Waals surface area contributed by atoms with E-state index < -0.39 is 23.0 Å². The zero-order valence-corrected chi connectivity index (χ0v) is 17.8. The van der Waals surface area contributed by atoms with Crippen LogP contribution in [-0.4, -0.2) is 36.8 Å². The third-order valence-corrected chi connectivity index (χ3v) is 5.13. The lowest BCUT2D eigenvalue weighted by molar-refractivity contribution is -0.137. The van der Waals surface area contributed by atoms with Gasteiger partial charge in [0, 0.05) is 7.05 Å². The molecule has 0 fully saturated rings. The fraction of sp³-hybridized carbons (Fsp3) is 0.190. The number of nitrogens with zero attached hydrogens (tertiary/aromatic N) is 6. The zero-order chi connectivity index (χ0) is 24.5. The van der Waals surface area contributed by atoms with Crippen LogP contribution in [0.1, 0.15) is 17.0 Å². The van der Waals surface area contributed by atoms with Crippen molar-refractivity contribution in [2.75, 3.05) is 17.7 Å². The van der Waals surface area contributed by atoms with Gasteiger partial charge in [-0.15, -0.1) is 5.10 Å². The molecular weight excluding hydrogens is 453 g/mol. The smallest absolute Gasteiger partial charge is 0.383 e. The van der Waals surface area contributed by atoms with Crippen molar-refractivity contribution in [3.8, 4) is 5.69 Å². The van der Waals surface area contributed by atoms with Gasteiger partial charge in [-0.2, -0.15) is 17.9 Å². The van der Waals surface area contributed by atoms with Crippen LogP contribution in [0.25, 0.3) is 5.69 Å². The number of H-pyrrole nitrogens is 1. The Bertz CT molecular complexity index is 1410. The molecule has 10 nitrogen and oxygen atoms in total. The van der Waals surface area contributed by atoms with E-state index in [1.54, 1.807) is 7.05 Å². The second-order valence-corrected chi connectivity index (χ2v) is 7.47. The molecule has 4 rings (SSSR count). The molecule has 0 radical (unpaired) electrons. The van der Waals surface area contributed by atoms with E-state index in [4.69, 9.17) is 5.73 Å². The zero-order valence-electron chi connectivity index (χ0n) is 17.8. The summed E-state index contributed by atoms with van der Waals surface area (Å²) in [6.07, 6.45) is -4.47. The summed E-state index contributed by atoms with van der Waals surface area (Å²) in [6, 6.07) is 13.4. The third kappa shape index (κ3) is 4.53. The maximum atomic E-state index is 12.9. The molecule has 0 spiro atoms.